The molecule has 1 aromatic heterocycles. The van der Waals surface area contributed by atoms with Crippen molar-refractivity contribution in [3.63, 3.8) is 0 Å². The van der Waals surface area contributed by atoms with Crippen LogP contribution in [-0.2, 0) is 0 Å². The van der Waals surface area contributed by atoms with E-state index in [4.69, 9.17) is 5.11 Å². The molecule has 2 N–H and O–H groups in total. The minimum atomic E-state index is -1.24. The molecule has 0 aliphatic heterocycles. The molecule has 2 rings (SSSR count). The van der Waals surface area contributed by atoms with Gasteiger partial charge in [0.15, 0.2) is 5.13 Å². The molecule has 2 aromatic rings. The average molecular weight is 293 g/mol. The van der Waals surface area contributed by atoms with Crippen LogP contribution in [0.4, 0.5) is 16.5 Å². The summed E-state index contributed by atoms with van der Waals surface area (Å²) in [5.41, 5.74) is 0.706. The molecular weight excluding hydrogens is 282 g/mol. The summed E-state index contributed by atoms with van der Waals surface area (Å²) >= 11 is 1.39. The molecular formula is C12H11N3O4S. The third-order valence-corrected chi connectivity index (χ3v) is 3.70. The van der Waals surface area contributed by atoms with Gasteiger partial charge in [-0.25, -0.2) is 9.78 Å². The molecule has 0 fully saturated rings. The van der Waals surface area contributed by atoms with Crippen molar-refractivity contribution >= 4 is 33.8 Å². The molecule has 1 aromatic carbocycles. The van der Waals surface area contributed by atoms with Crippen molar-refractivity contribution in [2.24, 2.45) is 0 Å². The highest BCUT2D eigenvalue weighted by molar-refractivity contribution is 7.15. The van der Waals surface area contributed by atoms with E-state index in [-0.39, 0.29) is 16.9 Å². The number of nitro groups is 1. The zero-order valence-corrected chi connectivity index (χ0v) is 11.5. The van der Waals surface area contributed by atoms with Crippen LogP contribution in [0.2, 0.25) is 0 Å². The lowest BCUT2D eigenvalue weighted by atomic mass is 10.1. The normalized spacial score (nSPS) is 10.3. The molecule has 0 saturated heterocycles. The standard InChI is InChI=1S/C12H11N3O4S/c1-6-7(2)20-12(13-6)14-10-4-3-8(15(18)19)5-9(10)11(16)17/h3-5H,1-2H3,(H,13,14)(H,16,17). The molecule has 8 heteroatoms. The van der Waals surface area contributed by atoms with Crippen LogP contribution < -0.4 is 5.32 Å². The monoisotopic (exact) mass is 293 g/mol. The first kappa shape index (κ1) is 13.9. The molecule has 0 unspecified atom stereocenters. The smallest absolute Gasteiger partial charge is 0.338 e. The summed E-state index contributed by atoms with van der Waals surface area (Å²) in [6.07, 6.45) is 0. The Morgan fingerprint density at radius 2 is 2.15 bits per heavy atom. The number of anilines is 2. The van der Waals surface area contributed by atoms with E-state index < -0.39 is 10.9 Å². The van der Waals surface area contributed by atoms with Crippen molar-refractivity contribution in [1.29, 1.82) is 0 Å². The van der Waals surface area contributed by atoms with Crippen molar-refractivity contribution < 1.29 is 14.8 Å². The van der Waals surface area contributed by atoms with Gasteiger partial charge in [0.05, 0.1) is 21.9 Å². The quantitative estimate of drug-likeness (QED) is 0.662. The number of carboxylic acid groups (broad SMARTS) is 1. The van der Waals surface area contributed by atoms with Gasteiger partial charge >= 0.3 is 5.97 Å². The van der Waals surface area contributed by atoms with E-state index in [2.05, 4.69) is 10.3 Å². The zero-order valence-electron chi connectivity index (χ0n) is 10.7. The third kappa shape index (κ3) is 2.75. The van der Waals surface area contributed by atoms with Crippen LogP contribution in [0.15, 0.2) is 18.2 Å². The van der Waals surface area contributed by atoms with Crippen LogP contribution in [0.1, 0.15) is 20.9 Å². The number of carboxylic acids is 1. The van der Waals surface area contributed by atoms with Crippen molar-refractivity contribution in [2.75, 3.05) is 5.32 Å². The number of carbonyl (C=O) groups is 1. The SMILES string of the molecule is Cc1nc(Nc2ccc([N+](=O)[O-])cc2C(=O)O)sc1C. The van der Waals surface area contributed by atoms with E-state index in [9.17, 15) is 14.9 Å². The van der Waals surface area contributed by atoms with Crippen LogP contribution in [0.3, 0.4) is 0 Å². The molecule has 0 spiro atoms. The van der Waals surface area contributed by atoms with Gasteiger partial charge in [-0.15, -0.1) is 11.3 Å². The third-order valence-electron chi connectivity index (χ3n) is 2.71. The summed E-state index contributed by atoms with van der Waals surface area (Å²) in [6, 6.07) is 3.65. The highest BCUT2D eigenvalue weighted by atomic mass is 32.1. The van der Waals surface area contributed by atoms with Crippen LogP contribution in [0, 0.1) is 24.0 Å². The lowest BCUT2D eigenvalue weighted by Gasteiger charge is -2.06. The second-order valence-corrected chi connectivity index (χ2v) is 5.28. The Morgan fingerprint density at radius 3 is 2.65 bits per heavy atom. The number of benzene rings is 1. The predicted molar refractivity (Wildman–Crippen MR) is 74.9 cm³/mol. The van der Waals surface area contributed by atoms with Crippen LogP contribution in [0.25, 0.3) is 0 Å². The number of thiazole rings is 1. The summed E-state index contributed by atoms with van der Waals surface area (Å²) in [5.74, 6) is -1.24. The Labute approximate surface area is 118 Å². The number of aromatic nitrogens is 1. The summed E-state index contributed by atoms with van der Waals surface area (Å²) in [6.45, 7) is 3.76. The summed E-state index contributed by atoms with van der Waals surface area (Å²) in [7, 11) is 0. The van der Waals surface area contributed by atoms with Crippen molar-refractivity contribution in [1.82, 2.24) is 4.98 Å². The van der Waals surface area contributed by atoms with Gasteiger partial charge in [-0.1, -0.05) is 0 Å². The largest absolute Gasteiger partial charge is 0.478 e. The first-order valence-electron chi connectivity index (χ1n) is 5.61. The number of nitrogens with one attached hydrogen (secondary N) is 1. The summed E-state index contributed by atoms with van der Waals surface area (Å²) in [5, 5.41) is 23.2. The van der Waals surface area contributed by atoms with E-state index in [0.29, 0.717) is 5.13 Å². The number of aryl methyl sites for hydroxylation is 2. The van der Waals surface area contributed by atoms with Gasteiger partial charge in [-0.3, -0.25) is 10.1 Å². The number of aromatic carboxylic acids is 1. The number of hydrogen-bond acceptors (Lipinski definition) is 6. The van der Waals surface area contributed by atoms with E-state index >= 15 is 0 Å². The fourth-order valence-corrected chi connectivity index (χ4v) is 2.40. The number of nitrogens with zero attached hydrogens (tertiary/aromatic N) is 2. The molecule has 0 aliphatic rings. The number of nitro benzene ring substituents is 1. The number of non-ortho nitro benzene ring substituents is 1. The molecule has 0 radical (unpaired) electrons. The van der Waals surface area contributed by atoms with E-state index in [1.807, 2.05) is 13.8 Å². The predicted octanol–water partition coefficient (Wildman–Crippen LogP) is 3.11. The first-order chi connectivity index (χ1) is 9.38. The maximum absolute atomic E-state index is 11.2. The molecule has 104 valence electrons. The van der Waals surface area contributed by atoms with E-state index in [1.54, 1.807) is 0 Å². The second-order valence-electron chi connectivity index (χ2n) is 4.08. The molecule has 0 aliphatic carbocycles. The van der Waals surface area contributed by atoms with E-state index in [0.717, 1.165) is 16.6 Å². The van der Waals surface area contributed by atoms with Crippen LogP contribution >= 0.6 is 11.3 Å². The molecule has 0 saturated carbocycles. The minimum absolute atomic E-state index is 0.162. The molecule has 0 atom stereocenters. The van der Waals surface area contributed by atoms with E-state index in [1.165, 1.54) is 23.5 Å². The lowest BCUT2D eigenvalue weighted by Crippen LogP contribution is -2.03. The molecule has 1 heterocycles. The molecule has 7 nitrogen and oxygen atoms in total. The van der Waals surface area contributed by atoms with Gasteiger partial charge in [0.25, 0.3) is 5.69 Å². The Bertz CT molecular complexity index is 677. The van der Waals surface area contributed by atoms with Gasteiger partial charge in [-0.2, -0.15) is 0 Å². The van der Waals surface area contributed by atoms with Gasteiger partial charge < -0.3 is 10.4 Å². The lowest BCUT2D eigenvalue weighted by molar-refractivity contribution is -0.384. The maximum atomic E-state index is 11.2. The topological polar surface area (TPSA) is 105 Å². The van der Waals surface area contributed by atoms with Crippen LogP contribution in [0.5, 0.6) is 0 Å². The van der Waals surface area contributed by atoms with Gasteiger partial charge in [0.1, 0.15) is 0 Å². The van der Waals surface area contributed by atoms with Crippen molar-refractivity contribution in [3.05, 3.63) is 44.4 Å². The van der Waals surface area contributed by atoms with Gasteiger partial charge in [0.2, 0.25) is 0 Å². The molecule has 0 bridgehead atoms. The van der Waals surface area contributed by atoms with Crippen molar-refractivity contribution in [2.45, 2.75) is 13.8 Å². The minimum Gasteiger partial charge on any atom is -0.478 e. The summed E-state index contributed by atoms with van der Waals surface area (Å²) in [4.78, 5) is 26.5. The Balaban J connectivity index is 2.40. The number of hydrogen-bond donors (Lipinski definition) is 2. The molecule has 0 amide bonds. The van der Waals surface area contributed by atoms with Crippen molar-refractivity contribution in [3.8, 4) is 0 Å². The Hall–Kier alpha value is -2.48. The van der Waals surface area contributed by atoms with Crippen LogP contribution in [-0.4, -0.2) is 21.0 Å². The first-order valence-corrected chi connectivity index (χ1v) is 6.43. The Morgan fingerprint density at radius 1 is 1.45 bits per heavy atom. The zero-order chi connectivity index (χ0) is 14.9. The average Bonchev–Trinajstić information content (AvgIpc) is 2.68. The maximum Gasteiger partial charge on any atom is 0.338 e. The second kappa shape index (κ2) is 5.25. The molecule has 20 heavy (non-hydrogen) atoms. The summed E-state index contributed by atoms with van der Waals surface area (Å²) < 4.78 is 0. The fraction of sp³-hybridized carbons (Fsp3) is 0.167. The van der Waals surface area contributed by atoms with Gasteiger partial charge in [0, 0.05) is 17.0 Å². The Kier molecular flexibility index (Phi) is 3.66. The highest BCUT2D eigenvalue weighted by Crippen LogP contribution is 2.28. The highest BCUT2D eigenvalue weighted by Gasteiger charge is 2.17. The number of rotatable bonds is 4. The fourth-order valence-electron chi connectivity index (χ4n) is 1.57. The van der Waals surface area contributed by atoms with Gasteiger partial charge in [-0.05, 0) is 19.9 Å².